The van der Waals surface area contributed by atoms with E-state index in [0.717, 1.165) is 22.5 Å². The highest BCUT2D eigenvalue weighted by Gasteiger charge is 2.12. The van der Waals surface area contributed by atoms with E-state index in [1.165, 1.54) is 6.07 Å². The first-order valence-corrected chi connectivity index (χ1v) is 9.23. The molecule has 0 bridgehead atoms. The van der Waals surface area contributed by atoms with Gasteiger partial charge in [0.15, 0.2) is 0 Å². The molecule has 1 aromatic carbocycles. The number of benzene rings is 1. The Morgan fingerprint density at radius 1 is 1.22 bits per heavy atom. The Hall–Kier alpha value is -1.81. The van der Waals surface area contributed by atoms with E-state index >= 15 is 0 Å². The topological polar surface area (TPSA) is 101 Å². The van der Waals surface area contributed by atoms with E-state index in [0.29, 0.717) is 13.1 Å². The van der Waals surface area contributed by atoms with E-state index in [2.05, 4.69) is 10.0 Å². The van der Waals surface area contributed by atoms with Crippen LogP contribution in [0.5, 0.6) is 0 Å². The zero-order valence-corrected chi connectivity index (χ0v) is 14.1. The van der Waals surface area contributed by atoms with Gasteiger partial charge >= 0.3 is 5.00 Å². The molecule has 1 heterocycles. The number of nitro groups is 1. The summed E-state index contributed by atoms with van der Waals surface area (Å²) in [6.45, 7) is 3.01. The van der Waals surface area contributed by atoms with Crippen LogP contribution in [0.15, 0.2) is 40.6 Å². The van der Waals surface area contributed by atoms with Crippen molar-refractivity contribution >= 4 is 26.4 Å². The van der Waals surface area contributed by atoms with E-state index in [4.69, 9.17) is 0 Å². The van der Waals surface area contributed by atoms with Gasteiger partial charge in [0.05, 0.1) is 9.82 Å². The highest BCUT2D eigenvalue weighted by molar-refractivity contribution is 7.89. The Balaban J connectivity index is 1.76. The normalized spacial score (nSPS) is 11.5. The minimum atomic E-state index is -3.51. The molecule has 0 amide bonds. The summed E-state index contributed by atoms with van der Waals surface area (Å²) in [5, 5.41) is 15.4. The quantitative estimate of drug-likeness (QED) is 0.429. The van der Waals surface area contributed by atoms with E-state index in [1.807, 2.05) is 6.92 Å². The van der Waals surface area contributed by atoms with Gasteiger partial charge in [0, 0.05) is 31.1 Å². The Bertz CT molecular complexity index is 770. The molecule has 7 nitrogen and oxygen atoms in total. The molecule has 23 heavy (non-hydrogen) atoms. The molecule has 0 aliphatic rings. The van der Waals surface area contributed by atoms with Crippen LogP contribution in [-0.4, -0.2) is 26.4 Å². The molecule has 0 atom stereocenters. The van der Waals surface area contributed by atoms with Crippen molar-refractivity contribution in [1.82, 2.24) is 10.0 Å². The van der Waals surface area contributed by atoms with Gasteiger partial charge in [-0.3, -0.25) is 10.1 Å². The fourth-order valence-electron chi connectivity index (χ4n) is 1.86. The van der Waals surface area contributed by atoms with Crippen LogP contribution < -0.4 is 10.0 Å². The second-order valence-corrected chi connectivity index (χ2v) is 7.59. The molecule has 9 heteroatoms. The summed E-state index contributed by atoms with van der Waals surface area (Å²) in [4.78, 5) is 10.4. The van der Waals surface area contributed by atoms with Crippen molar-refractivity contribution in [3.05, 3.63) is 57.0 Å². The summed E-state index contributed by atoms with van der Waals surface area (Å²) in [5.41, 5.74) is 1.80. The van der Waals surface area contributed by atoms with Crippen LogP contribution in [0.4, 0.5) is 5.00 Å². The van der Waals surface area contributed by atoms with Crippen LogP contribution in [-0.2, 0) is 16.6 Å². The molecule has 0 saturated heterocycles. The minimum absolute atomic E-state index is 0.0990. The number of hydrogen-bond acceptors (Lipinski definition) is 6. The molecule has 0 aliphatic carbocycles. The maximum Gasteiger partial charge on any atom is 0.324 e. The first-order valence-electron chi connectivity index (χ1n) is 6.87. The molecular formula is C14H17N3O4S2. The molecule has 124 valence electrons. The lowest BCUT2D eigenvalue weighted by Crippen LogP contribution is -2.31. The summed E-state index contributed by atoms with van der Waals surface area (Å²) in [5.74, 6) is 0. The maximum atomic E-state index is 12.0. The molecule has 2 N–H and O–H groups in total. The highest BCUT2D eigenvalue weighted by atomic mass is 32.2. The predicted octanol–water partition coefficient (Wildman–Crippen LogP) is 2.03. The molecule has 0 saturated carbocycles. The Morgan fingerprint density at radius 2 is 1.91 bits per heavy atom. The molecule has 2 rings (SSSR count). The second-order valence-electron chi connectivity index (χ2n) is 4.94. The molecule has 0 radical (unpaired) electrons. The number of nitrogens with zero attached hydrogens (tertiary/aromatic N) is 1. The number of nitrogens with one attached hydrogen (secondary N) is 2. The molecule has 1 aromatic heterocycles. The Kier molecular flexibility index (Phi) is 5.83. The van der Waals surface area contributed by atoms with Crippen molar-refractivity contribution < 1.29 is 13.3 Å². The fraction of sp³-hybridized carbons (Fsp3) is 0.286. The van der Waals surface area contributed by atoms with Crippen molar-refractivity contribution in [1.29, 1.82) is 0 Å². The summed E-state index contributed by atoms with van der Waals surface area (Å²) >= 11 is 1.07. The van der Waals surface area contributed by atoms with Gasteiger partial charge in [-0.05, 0) is 24.6 Å². The maximum absolute atomic E-state index is 12.0. The third kappa shape index (κ3) is 5.10. The monoisotopic (exact) mass is 355 g/mol. The van der Waals surface area contributed by atoms with Crippen molar-refractivity contribution in [2.45, 2.75) is 18.4 Å². The molecule has 0 unspecified atom stereocenters. The fourth-order valence-corrected chi connectivity index (χ4v) is 3.62. The summed E-state index contributed by atoms with van der Waals surface area (Å²) in [6, 6.07) is 8.13. The van der Waals surface area contributed by atoms with Gasteiger partial charge in [0.2, 0.25) is 10.0 Å². The van der Waals surface area contributed by atoms with E-state index in [-0.39, 0.29) is 16.4 Å². The number of thiophene rings is 1. The van der Waals surface area contributed by atoms with Crippen molar-refractivity contribution in [3.8, 4) is 0 Å². The van der Waals surface area contributed by atoms with Gasteiger partial charge in [0.1, 0.15) is 0 Å². The number of hydrogen-bond donors (Lipinski definition) is 2. The number of sulfonamides is 1. The highest BCUT2D eigenvalue weighted by Crippen LogP contribution is 2.22. The smallest absolute Gasteiger partial charge is 0.311 e. The van der Waals surface area contributed by atoms with E-state index in [9.17, 15) is 18.5 Å². The molecule has 0 fully saturated rings. The first kappa shape index (κ1) is 17.5. The minimum Gasteiger partial charge on any atom is -0.311 e. The van der Waals surface area contributed by atoms with Crippen LogP contribution in [0.2, 0.25) is 0 Å². The van der Waals surface area contributed by atoms with Crippen LogP contribution in [0, 0.1) is 17.0 Å². The van der Waals surface area contributed by atoms with Gasteiger partial charge in [-0.15, -0.1) is 0 Å². The number of rotatable bonds is 8. The molecule has 2 aromatic rings. The van der Waals surface area contributed by atoms with Crippen LogP contribution in [0.3, 0.4) is 0 Å². The third-order valence-corrected chi connectivity index (χ3v) is 5.48. The zero-order valence-electron chi connectivity index (χ0n) is 12.5. The summed E-state index contributed by atoms with van der Waals surface area (Å²) in [6.07, 6.45) is 0. The van der Waals surface area contributed by atoms with Crippen molar-refractivity contribution in [3.63, 3.8) is 0 Å². The zero-order chi connectivity index (χ0) is 16.9. The van der Waals surface area contributed by atoms with E-state index < -0.39 is 14.9 Å². The SMILES string of the molecule is Cc1ccc(S(=O)(=O)NCCNCc2csc([N+](=O)[O-])c2)cc1. The largest absolute Gasteiger partial charge is 0.324 e. The van der Waals surface area contributed by atoms with Gasteiger partial charge in [-0.1, -0.05) is 29.0 Å². The summed E-state index contributed by atoms with van der Waals surface area (Å²) < 4.78 is 26.6. The lowest BCUT2D eigenvalue weighted by Gasteiger charge is -2.07. The summed E-state index contributed by atoms with van der Waals surface area (Å²) in [7, 11) is -3.51. The standard InChI is InChI=1S/C14H17N3O4S2/c1-11-2-4-13(5-3-11)23(20,21)16-7-6-15-9-12-8-14(17(18)19)22-10-12/h2-5,8,10,15-16H,6-7,9H2,1H3. The average Bonchev–Trinajstić information content (AvgIpc) is 2.96. The van der Waals surface area contributed by atoms with Gasteiger partial charge in [-0.25, -0.2) is 13.1 Å². The average molecular weight is 355 g/mol. The van der Waals surface area contributed by atoms with Crippen molar-refractivity contribution in [2.24, 2.45) is 0 Å². The molecular weight excluding hydrogens is 338 g/mol. The Labute approximate surface area is 138 Å². The van der Waals surface area contributed by atoms with E-state index in [1.54, 1.807) is 29.6 Å². The lowest BCUT2D eigenvalue weighted by molar-refractivity contribution is -0.380. The van der Waals surface area contributed by atoms with Gasteiger partial charge in [-0.2, -0.15) is 0 Å². The van der Waals surface area contributed by atoms with Crippen LogP contribution in [0.1, 0.15) is 11.1 Å². The Morgan fingerprint density at radius 3 is 2.52 bits per heavy atom. The molecule has 0 spiro atoms. The second kappa shape index (κ2) is 7.64. The number of aryl methyl sites for hydroxylation is 1. The van der Waals surface area contributed by atoms with Gasteiger partial charge in [0.25, 0.3) is 0 Å². The van der Waals surface area contributed by atoms with Crippen LogP contribution in [0.25, 0.3) is 0 Å². The third-order valence-electron chi connectivity index (χ3n) is 3.07. The first-order chi connectivity index (χ1) is 10.9. The van der Waals surface area contributed by atoms with Crippen LogP contribution >= 0.6 is 11.3 Å². The molecule has 0 aliphatic heterocycles. The predicted molar refractivity (Wildman–Crippen MR) is 89.0 cm³/mol. The van der Waals surface area contributed by atoms with Gasteiger partial charge < -0.3 is 5.32 Å². The lowest BCUT2D eigenvalue weighted by atomic mass is 10.2. The van der Waals surface area contributed by atoms with Crippen molar-refractivity contribution in [2.75, 3.05) is 13.1 Å².